The average Bonchev–Trinajstić information content (AvgIpc) is 2.78. The number of amides is 2. The van der Waals surface area contributed by atoms with Crippen molar-refractivity contribution in [1.82, 2.24) is 0 Å². The van der Waals surface area contributed by atoms with Crippen LogP contribution in [0.1, 0.15) is 74.8 Å². The highest BCUT2D eigenvalue weighted by molar-refractivity contribution is 6.63. The number of ether oxygens (including phenoxy) is 2. The summed E-state index contributed by atoms with van der Waals surface area (Å²) in [6, 6.07) is 3.48. The first-order valence-electron chi connectivity index (χ1n) is 10.9. The standard InChI is InChI=1S/C23H33BF3NO6/c1-19(2,3)31-17(29)28(18(30)32-20(4,5)6)15-13-11-12-14(16(15)23(25,26)27)24-33-21(7,8)22(9,10)34-24/h11-13H,1-10H3. The van der Waals surface area contributed by atoms with Gasteiger partial charge in [-0.05, 0) is 80.8 Å². The molecule has 0 bridgehead atoms. The number of imide groups is 1. The van der Waals surface area contributed by atoms with Crippen molar-refractivity contribution in [1.29, 1.82) is 0 Å². The lowest BCUT2D eigenvalue weighted by Gasteiger charge is -2.32. The SMILES string of the molecule is CC(C)(C)OC(=O)N(C(=O)OC(C)(C)C)c1cccc(B2OC(C)(C)C(C)(C)O2)c1C(F)(F)F. The summed E-state index contributed by atoms with van der Waals surface area (Å²) in [4.78, 5) is 26.2. The molecule has 2 amide bonds. The minimum atomic E-state index is -4.97. The summed E-state index contributed by atoms with van der Waals surface area (Å²) in [7, 11) is -1.39. The van der Waals surface area contributed by atoms with Gasteiger partial charge in [-0.15, -0.1) is 0 Å². The van der Waals surface area contributed by atoms with E-state index in [1.54, 1.807) is 27.7 Å². The van der Waals surface area contributed by atoms with Gasteiger partial charge < -0.3 is 18.8 Å². The minimum Gasteiger partial charge on any atom is -0.443 e. The van der Waals surface area contributed by atoms with E-state index in [9.17, 15) is 22.8 Å². The Morgan fingerprint density at radius 1 is 0.853 bits per heavy atom. The number of nitrogens with zero attached hydrogens (tertiary/aromatic N) is 1. The molecule has 0 radical (unpaired) electrons. The first kappa shape index (κ1) is 28.0. The minimum absolute atomic E-state index is 0.258. The lowest BCUT2D eigenvalue weighted by molar-refractivity contribution is -0.136. The zero-order chi connectivity index (χ0) is 26.5. The van der Waals surface area contributed by atoms with Crippen LogP contribution in [-0.2, 0) is 25.0 Å². The molecule has 7 nitrogen and oxygen atoms in total. The smallest absolute Gasteiger partial charge is 0.443 e. The molecule has 1 saturated heterocycles. The van der Waals surface area contributed by atoms with E-state index < -0.39 is 59.1 Å². The van der Waals surface area contributed by atoms with Gasteiger partial charge in [-0.3, -0.25) is 0 Å². The Hall–Kier alpha value is -2.27. The van der Waals surface area contributed by atoms with Crippen molar-refractivity contribution < 1.29 is 41.5 Å². The van der Waals surface area contributed by atoms with Gasteiger partial charge in [-0.1, -0.05) is 12.1 Å². The Kier molecular flexibility index (Phi) is 7.20. The number of carbonyl (C=O) groups is 2. The third-order valence-corrected chi connectivity index (χ3v) is 5.26. The quantitative estimate of drug-likeness (QED) is 0.500. The van der Waals surface area contributed by atoms with Gasteiger partial charge in [0.25, 0.3) is 0 Å². The molecule has 0 N–H and O–H groups in total. The molecule has 1 fully saturated rings. The third kappa shape index (κ3) is 6.24. The van der Waals surface area contributed by atoms with Crippen molar-refractivity contribution in [3.05, 3.63) is 23.8 Å². The molecule has 1 aromatic rings. The molecule has 11 heteroatoms. The van der Waals surface area contributed by atoms with Gasteiger partial charge in [-0.2, -0.15) is 18.1 Å². The number of halogens is 3. The Balaban J connectivity index is 2.73. The molecular weight excluding hydrogens is 454 g/mol. The predicted molar refractivity (Wildman–Crippen MR) is 122 cm³/mol. The molecule has 0 spiro atoms. The van der Waals surface area contributed by atoms with Crippen LogP contribution < -0.4 is 10.4 Å². The van der Waals surface area contributed by atoms with Crippen LogP contribution in [0.5, 0.6) is 0 Å². The zero-order valence-corrected chi connectivity index (χ0v) is 21.3. The van der Waals surface area contributed by atoms with Crippen molar-refractivity contribution >= 4 is 30.5 Å². The monoisotopic (exact) mass is 487 g/mol. The van der Waals surface area contributed by atoms with Gasteiger partial charge >= 0.3 is 25.5 Å². The second kappa shape index (κ2) is 8.75. The molecule has 0 saturated carbocycles. The number of rotatable bonds is 2. The molecule has 0 unspecified atom stereocenters. The van der Waals surface area contributed by atoms with E-state index in [1.807, 2.05) is 0 Å². The molecule has 1 aromatic carbocycles. The van der Waals surface area contributed by atoms with Gasteiger partial charge in [0.05, 0.1) is 22.5 Å². The van der Waals surface area contributed by atoms with Crippen molar-refractivity contribution in [2.24, 2.45) is 0 Å². The maximum Gasteiger partial charge on any atom is 0.495 e. The number of carbonyl (C=O) groups excluding carboxylic acids is 2. The summed E-state index contributed by atoms with van der Waals surface area (Å²) in [5.41, 5.74) is -6.37. The highest BCUT2D eigenvalue weighted by Gasteiger charge is 2.54. The highest BCUT2D eigenvalue weighted by atomic mass is 19.4. The molecule has 1 aliphatic heterocycles. The topological polar surface area (TPSA) is 74.3 Å². The molecule has 1 aliphatic rings. The van der Waals surface area contributed by atoms with Gasteiger partial charge in [0, 0.05) is 0 Å². The van der Waals surface area contributed by atoms with Gasteiger partial charge in [0.1, 0.15) is 11.2 Å². The largest absolute Gasteiger partial charge is 0.495 e. The van der Waals surface area contributed by atoms with Crippen LogP contribution in [0, 0.1) is 0 Å². The van der Waals surface area contributed by atoms with Crippen molar-refractivity contribution in [3.8, 4) is 0 Å². The number of hydrogen-bond donors (Lipinski definition) is 0. The highest BCUT2D eigenvalue weighted by Crippen LogP contribution is 2.41. The van der Waals surface area contributed by atoms with E-state index in [2.05, 4.69) is 0 Å². The zero-order valence-electron chi connectivity index (χ0n) is 21.3. The predicted octanol–water partition coefficient (Wildman–Crippen LogP) is 5.68. The Bertz CT molecular complexity index is 903. The van der Waals surface area contributed by atoms with E-state index >= 15 is 0 Å². The lowest BCUT2D eigenvalue weighted by Crippen LogP contribution is -2.46. The molecule has 1 heterocycles. The first-order chi connectivity index (χ1) is 15.1. The van der Waals surface area contributed by atoms with Gasteiger partial charge in [-0.25, -0.2) is 9.59 Å². The van der Waals surface area contributed by atoms with Crippen LogP contribution in [0.3, 0.4) is 0 Å². The number of alkyl halides is 3. The summed E-state index contributed by atoms with van der Waals surface area (Å²) in [6.45, 7) is 16.0. The summed E-state index contributed by atoms with van der Waals surface area (Å²) < 4.78 is 65.6. The molecule has 190 valence electrons. The van der Waals surface area contributed by atoms with Crippen molar-refractivity contribution in [3.63, 3.8) is 0 Å². The van der Waals surface area contributed by atoms with Crippen LogP contribution >= 0.6 is 0 Å². The van der Waals surface area contributed by atoms with Crippen LogP contribution in [-0.4, -0.2) is 41.7 Å². The molecular formula is C23H33BF3NO6. The Labute approximate surface area is 199 Å². The first-order valence-corrected chi connectivity index (χ1v) is 10.9. The number of hydrogen-bond acceptors (Lipinski definition) is 6. The number of benzene rings is 1. The van der Waals surface area contributed by atoms with Gasteiger partial charge in [0.2, 0.25) is 0 Å². The summed E-state index contributed by atoms with van der Waals surface area (Å²) in [5, 5.41) is 0. The Morgan fingerprint density at radius 3 is 1.62 bits per heavy atom. The normalized spacial score (nSPS) is 18.0. The lowest BCUT2D eigenvalue weighted by atomic mass is 9.75. The van der Waals surface area contributed by atoms with Crippen LogP contribution in [0.4, 0.5) is 28.4 Å². The summed E-state index contributed by atoms with van der Waals surface area (Å²) >= 11 is 0. The summed E-state index contributed by atoms with van der Waals surface area (Å²) in [5.74, 6) is 0. The fraction of sp³-hybridized carbons (Fsp3) is 0.652. The molecule has 0 aromatic heterocycles. The maximum atomic E-state index is 14.5. The van der Waals surface area contributed by atoms with Gasteiger partial charge in [0.15, 0.2) is 0 Å². The fourth-order valence-corrected chi connectivity index (χ4v) is 3.11. The second-order valence-electron chi connectivity index (χ2n) is 11.1. The van der Waals surface area contributed by atoms with Crippen LogP contribution in [0.15, 0.2) is 18.2 Å². The molecule has 2 rings (SSSR count). The molecule has 0 atom stereocenters. The van der Waals surface area contributed by atoms with E-state index in [0.717, 1.165) is 6.07 Å². The van der Waals surface area contributed by atoms with Crippen LogP contribution in [0.25, 0.3) is 0 Å². The Morgan fingerprint density at radius 2 is 1.26 bits per heavy atom. The third-order valence-electron chi connectivity index (χ3n) is 5.26. The second-order valence-corrected chi connectivity index (χ2v) is 11.1. The van der Waals surface area contributed by atoms with E-state index in [0.29, 0.717) is 0 Å². The van der Waals surface area contributed by atoms with E-state index in [1.165, 1.54) is 53.7 Å². The molecule has 34 heavy (non-hydrogen) atoms. The van der Waals surface area contributed by atoms with E-state index in [-0.39, 0.29) is 10.4 Å². The van der Waals surface area contributed by atoms with Crippen LogP contribution in [0.2, 0.25) is 0 Å². The van der Waals surface area contributed by atoms with E-state index in [4.69, 9.17) is 18.8 Å². The fourth-order valence-electron chi connectivity index (χ4n) is 3.11. The maximum absolute atomic E-state index is 14.5. The van der Waals surface area contributed by atoms with Crippen molar-refractivity contribution in [2.75, 3.05) is 4.90 Å². The number of anilines is 1. The van der Waals surface area contributed by atoms with Crippen molar-refractivity contribution in [2.45, 2.75) is 97.8 Å². The average molecular weight is 487 g/mol. The molecule has 0 aliphatic carbocycles. The summed E-state index contributed by atoms with van der Waals surface area (Å²) in [6.07, 6.45) is -7.59.